The van der Waals surface area contributed by atoms with E-state index in [-0.39, 0.29) is 13.4 Å². The number of rotatable bonds is 2. The van der Waals surface area contributed by atoms with Crippen molar-refractivity contribution in [3.8, 4) is 57.4 Å². The normalized spacial score (nSPS) is 13.6. The van der Waals surface area contributed by atoms with Crippen LogP contribution in [0.4, 0.5) is 0 Å². The molecule has 286 valence electrons. The first-order valence-corrected chi connectivity index (χ1v) is 21.2. The molecular formula is C54H30B2N2O4. The van der Waals surface area contributed by atoms with E-state index in [1.54, 1.807) is 0 Å². The van der Waals surface area contributed by atoms with Crippen LogP contribution in [0.5, 0.6) is 46.0 Å². The number of ether oxygens (including phenoxy) is 4. The predicted molar refractivity (Wildman–Crippen MR) is 250 cm³/mol. The summed E-state index contributed by atoms with van der Waals surface area (Å²) in [6, 6.07) is 64.1. The topological polar surface area (TPSA) is 46.8 Å². The van der Waals surface area contributed by atoms with Gasteiger partial charge in [-0.25, -0.2) is 0 Å². The lowest BCUT2D eigenvalue weighted by Crippen LogP contribution is -2.60. The largest absolute Gasteiger partial charge is 0.458 e. The van der Waals surface area contributed by atoms with Crippen molar-refractivity contribution in [1.29, 1.82) is 0 Å². The summed E-state index contributed by atoms with van der Waals surface area (Å²) >= 11 is 0. The van der Waals surface area contributed by atoms with Crippen molar-refractivity contribution < 1.29 is 18.9 Å². The van der Waals surface area contributed by atoms with Gasteiger partial charge in [0.15, 0.2) is 11.5 Å². The Morgan fingerprint density at radius 2 is 0.710 bits per heavy atom. The molecule has 6 heterocycles. The fourth-order valence-corrected chi connectivity index (χ4v) is 11.1. The molecule has 11 aromatic rings. The van der Waals surface area contributed by atoms with Crippen LogP contribution >= 0.6 is 0 Å². The van der Waals surface area contributed by atoms with Gasteiger partial charge in [0.1, 0.15) is 34.5 Å². The van der Waals surface area contributed by atoms with Gasteiger partial charge in [0.05, 0.1) is 32.8 Å². The third-order valence-electron chi connectivity index (χ3n) is 13.5. The van der Waals surface area contributed by atoms with Crippen LogP contribution < -0.4 is 51.7 Å². The van der Waals surface area contributed by atoms with Crippen molar-refractivity contribution in [2.24, 2.45) is 0 Å². The summed E-state index contributed by atoms with van der Waals surface area (Å²) in [5.41, 5.74) is 12.7. The smallest absolute Gasteiger partial charge is 0.260 e. The molecule has 0 atom stereocenters. The molecule has 0 aliphatic carbocycles. The Kier molecular flexibility index (Phi) is 6.23. The van der Waals surface area contributed by atoms with Crippen molar-refractivity contribution in [2.75, 3.05) is 0 Å². The van der Waals surface area contributed by atoms with E-state index >= 15 is 0 Å². The molecule has 4 aliphatic heterocycles. The lowest BCUT2D eigenvalue weighted by atomic mass is 9.32. The summed E-state index contributed by atoms with van der Waals surface area (Å²) in [6.45, 7) is -0.332. The molecule has 0 unspecified atom stereocenters. The molecule has 0 saturated carbocycles. The number of fused-ring (bicyclic) bond motifs is 17. The molecule has 9 aromatic carbocycles. The van der Waals surface area contributed by atoms with Crippen LogP contribution in [0.1, 0.15) is 0 Å². The number of benzene rings is 9. The minimum Gasteiger partial charge on any atom is -0.458 e. The average molecular weight is 792 g/mol. The molecule has 6 nitrogen and oxygen atoms in total. The molecule has 8 heteroatoms. The van der Waals surface area contributed by atoms with Gasteiger partial charge in [-0.15, -0.1) is 0 Å². The van der Waals surface area contributed by atoms with Gasteiger partial charge in [0, 0.05) is 45.2 Å². The van der Waals surface area contributed by atoms with Crippen LogP contribution in [0.25, 0.3) is 55.0 Å². The summed E-state index contributed by atoms with van der Waals surface area (Å²) in [5.74, 6) is 6.32. The molecule has 62 heavy (non-hydrogen) atoms. The second-order valence-corrected chi connectivity index (χ2v) is 16.7. The molecule has 2 aromatic heterocycles. The van der Waals surface area contributed by atoms with Crippen molar-refractivity contribution in [3.05, 3.63) is 182 Å². The van der Waals surface area contributed by atoms with E-state index < -0.39 is 0 Å². The standard InChI is InChI=1S/C54H30B2N2O4/c1-3-15-31(16-4-1)57-39-23-11-7-19-33(39)47-41(57)29-45-49-53(47)61-51-37(55(49)35-21-9-13-25-43(35)59-45)27-28-38-52(51)62-54-48-34-20-8-12-24-40(34)58(32-17-5-2-6-18-32)42(48)30-46-50(54)56(38)36-22-10-14-26-44(36)60-46/h1-30H. The maximum atomic E-state index is 7.57. The highest BCUT2D eigenvalue weighted by Gasteiger charge is 2.48. The van der Waals surface area contributed by atoms with Gasteiger partial charge < -0.3 is 28.1 Å². The van der Waals surface area contributed by atoms with Crippen molar-refractivity contribution in [3.63, 3.8) is 0 Å². The van der Waals surface area contributed by atoms with E-state index in [0.29, 0.717) is 0 Å². The monoisotopic (exact) mass is 792 g/mol. The minimum absolute atomic E-state index is 0.166. The Morgan fingerprint density at radius 1 is 0.306 bits per heavy atom. The summed E-state index contributed by atoms with van der Waals surface area (Å²) < 4.78 is 33.5. The zero-order valence-electron chi connectivity index (χ0n) is 33.0. The van der Waals surface area contributed by atoms with Gasteiger partial charge in [0.2, 0.25) is 0 Å². The molecular weight excluding hydrogens is 762 g/mol. The molecule has 15 rings (SSSR count). The van der Waals surface area contributed by atoms with Crippen molar-refractivity contribution in [1.82, 2.24) is 9.13 Å². The van der Waals surface area contributed by atoms with Crippen LogP contribution in [0, 0.1) is 0 Å². The Morgan fingerprint density at radius 3 is 1.18 bits per heavy atom. The van der Waals surface area contributed by atoms with Gasteiger partial charge in [-0.3, -0.25) is 0 Å². The van der Waals surface area contributed by atoms with E-state index in [1.807, 2.05) is 0 Å². The summed E-state index contributed by atoms with van der Waals surface area (Å²) in [6.07, 6.45) is 0. The van der Waals surface area contributed by atoms with Crippen molar-refractivity contribution >= 4 is 89.8 Å². The molecule has 0 bridgehead atoms. The Hall–Kier alpha value is -8.09. The highest BCUT2D eigenvalue weighted by Crippen LogP contribution is 2.50. The van der Waals surface area contributed by atoms with Crippen LogP contribution in [-0.2, 0) is 0 Å². The second kappa shape index (κ2) is 11.8. The lowest BCUT2D eigenvalue weighted by Gasteiger charge is -2.37. The zero-order valence-corrected chi connectivity index (χ0v) is 33.0. The van der Waals surface area contributed by atoms with Crippen LogP contribution in [0.3, 0.4) is 0 Å². The number of nitrogens with zero attached hydrogens (tertiary/aromatic N) is 2. The van der Waals surface area contributed by atoms with E-state index in [4.69, 9.17) is 18.9 Å². The van der Waals surface area contributed by atoms with Crippen LogP contribution in [0.15, 0.2) is 182 Å². The molecule has 0 spiro atoms. The lowest BCUT2D eigenvalue weighted by molar-refractivity contribution is 0.423. The summed E-state index contributed by atoms with van der Waals surface area (Å²) in [7, 11) is 0. The fourth-order valence-electron chi connectivity index (χ4n) is 11.1. The second-order valence-electron chi connectivity index (χ2n) is 16.7. The molecule has 0 radical (unpaired) electrons. The van der Waals surface area contributed by atoms with Gasteiger partial charge in [-0.05, 0) is 70.4 Å². The minimum atomic E-state index is -0.166. The van der Waals surface area contributed by atoms with Crippen LogP contribution in [0.2, 0.25) is 0 Å². The molecule has 4 aliphatic rings. The van der Waals surface area contributed by atoms with Gasteiger partial charge in [0.25, 0.3) is 13.4 Å². The number of hydrogen-bond donors (Lipinski definition) is 0. The summed E-state index contributed by atoms with van der Waals surface area (Å²) in [4.78, 5) is 0. The van der Waals surface area contributed by atoms with Gasteiger partial charge in [-0.2, -0.15) is 0 Å². The third-order valence-corrected chi connectivity index (χ3v) is 13.5. The third kappa shape index (κ3) is 4.11. The SMILES string of the molecule is c1ccc(-n2c3ccccc3c3c4c5c(cc32)Oc2ccccc2B5c2ccc3c(c2O4)Oc2c4c(cc5c2c2ccccc2n5-c2ccccc2)Oc2ccccc2B34)cc1. The first kappa shape index (κ1) is 32.7. The molecule has 0 fully saturated rings. The highest BCUT2D eigenvalue weighted by atomic mass is 16.5. The van der Waals surface area contributed by atoms with Crippen molar-refractivity contribution in [2.45, 2.75) is 0 Å². The highest BCUT2D eigenvalue weighted by molar-refractivity contribution is 7.00. The zero-order chi connectivity index (χ0) is 40.2. The molecule has 0 amide bonds. The van der Waals surface area contributed by atoms with E-state index in [1.165, 1.54) is 0 Å². The molecule has 0 saturated heterocycles. The number of para-hydroxylation sites is 6. The number of aromatic nitrogens is 2. The first-order chi connectivity index (χ1) is 30.8. The van der Waals surface area contributed by atoms with E-state index in [2.05, 4.69) is 191 Å². The maximum absolute atomic E-state index is 7.57. The quantitative estimate of drug-likeness (QED) is 0.164. The number of hydrogen-bond acceptors (Lipinski definition) is 4. The van der Waals surface area contributed by atoms with E-state index in [9.17, 15) is 0 Å². The Bertz CT molecular complexity index is 3540. The average Bonchev–Trinajstić information content (AvgIpc) is 3.84. The maximum Gasteiger partial charge on any atom is 0.260 e. The van der Waals surface area contributed by atoms with Crippen LogP contribution in [-0.4, -0.2) is 22.6 Å². The Balaban J connectivity index is 1.06. The van der Waals surface area contributed by atoms with Gasteiger partial charge in [-0.1, -0.05) is 121 Å². The molecule has 0 N–H and O–H groups in total. The van der Waals surface area contributed by atoms with E-state index in [0.717, 1.165) is 134 Å². The first-order valence-electron chi connectivity index (χ1n) is 21.2. The summed E-state index contributed by atoms with van der Waals surface area (Å²) in [5, 5.41) is 4.31. The predicted octanol–water partition coefficient (Wildman–Crippen LogP) is 9.34. The van der Waals surface area contributed by atoms with Gasteiger partial charge >= 0.3 is 0 Å². The fraction of sp³-hybridized carbons (Fsp3) is 0. The Labute approximate surface area is 355 Å².